The SMILES string of the molecule is CC(CCC(=O)OCC(N)C(=O)O)CCc1ccccc1. The average molecular weight is 293 g/mol. The Morgan fingerprint density at radius 2 is 1.90 bits per heavy atom. The molecule has 0 heterocycles. The lowest BCUT2D eigenvalue weighted by Gasteiger charge is -2.12. The van der Waals surface area contributed by atoms with Crippen molar-refractivity contribution in [2.45, 2.75) is 38.6 Å². The number of ether oxygens (including phenoxy) is 1. The smallest absolute Gasteiger partial charge is 0.324 e. The topological polar surface area (TPSA) is 89.6 Å². The van der Waals surface area contributed by atoms with E-state index in [-0.39, 0.29) is 6.61 Å². The van der Waals surface area contributed by atoms with Crippen LogP contribution in [0.5, 0.6) is 0 Å². The molecule has 21 heavy (non-hydrogen) atoms. The van der Waals surface area contributed by atoms with Crippen molar-refractivity contribution in [2.75, 3.05) is 6.61 Å². The van der Waals surface area contributed by atoms with Crippen LogP contribution in [0.4, 0.5) is 0 Å². The highest BCUT2D eigenvalue weighted by atomic mass is 16.5. The summed E-state index contributed by atoms with van der Waals surface area (Å²) >= 11 is 0. The van der Waals surface area contributed by atoms with Crippen molar-refractivity contribution in [3.8, 4) is 0 Å². The summed E-state index contributed by atoms with van der Waals surface area (Å²) in [5.41, 5.74) is 6.55. The van der Waals surface area contributed by atoms with Gasteiger partial charge >= 0.3 is 11.9 Å². The first-order valence-electron chi connectivity index (χ1n) is 7.17. The first kappa shape index (κ1) is 17.2. The molecule has 0 saturated carbocycles. The number of esters is 1. The Kier molecular flexibility index (Phi) is 7.46. The van der Waals surface area contributed by atoms with Crippen molar-refractivity contribution < 1.29 is 19.4 Å². The number of nitrogens with two attached hydrogens (primary N) is 1. The molecule has 0 aliphatic carbocycles. The highest BCUT2D eigenvalue weighted by Crippen LogP contribution is 2.14. The number of aliphatic carboxylic acids is 1. The lowest BCUT2D eigenvalue weighted by molar-refractivity contribution is -0.148. The molecule has 1 aromatic rings. The van der Waals surface area contributed by atoms with Gasteiger partial charge in [-0.25, -0.2) is 0 Å². The molecule has 0 spiro atoms. The maximum Gasteiger partial charge on any atom is 0.324 e. The fourth-order valence-corrected chi connectivity index (χ4v) is 1.89. The summed E-state index contributed by atoms with van der Waals surface area (Å²) in [4.78, 5) is 22.0. The molecule has 0 aliphatic heterocycles. The summed E-state index contributed by atoms with van der Waals surface area (Å²) < 4.78 is 4.83. The zero-order chi connectivity index (χ0) is 15.7. The van der Waals surface area contributed by atoms with Crippen LogP contribution in [0.25, 0.3) is 0 Å². The van der Waals surface area contributed by atoms with Gasteiger partial charge in [0.15, 0.2) is 0 Å². The molecule has 0 fully saturated rings. The fourth-order valence-electron chi connectivity index (χ4n) is 1.89. The van der Waals surface area contributed by atoms with Crippen LogP contribution >= 0.6 is 0 Å². The number of benzene rings is 1. The second kappa shape index (κ2) is 9.13. The van der Waals surface area contributed by atoms with E-state index >= 15 is 0 Å². The molecule has 5 nitrogen and oxygen atoms in total. The third-order valence-electron chi connectivity index (χ3n) is 3.35. The zero-order valence-corrected chi connectivity index (χ0v) is 12.3. The lowest BCUT2D eigenvalue weighted by Crippen LogP contribution is -2.35. The number of carbonyl (C=O) groups excluding carboxylic acids is 1. The van der Waals surface area contributed by atoms with Gasteiger partial charge in [-0.15, -0.1) is 0 Å². The van der Waals surface area contributed by atoms with Gasteiger partial charge in [0.2, 0.25) is 0 Å². The maximum atomic E-state index is 11.5. The van der Waals surface area contributed by atoms with E-state index in [1.54, 1.807) is 0 Å². The Bertz CT molecular complexity index is 447. The summed E-state index contributed by atoms with van der Waals surface area (Å²) in [6.07, 6.45) is 3.02. The number of rotatable bonds is 9. The maximum absolute atomic E-state index is 11.5. The van der Waals surface area contributed by atoms with E-state index in [9.17, 15) is 9.59 Å². The van der Waals surface area contributed by atoms with Crippen molar-refractivity contribution in [1.82, 2.24) is 0 Å². The molecule has 0 bridgehead atoms. The van der Waals surface area contributed by atoms with Crippen molar-refractivity contribution in [3.05, 3.63) is 35.9 Å². The van der Waals surface area contributed by atoms with Crippen LogP contribution in [0.1, 0.15) is 31.7 Å². The molecule has 1 aromatic carbocycles. The van der Waals surface area contributed by atoms with Gasteiger partial charge in [0.1, 0.15) is 12.6 Å². The summed E-state index contributed by atoms with van der Waals surface area (Å²) in [6, 6.07) is 9.06. The van der Waals surface area contributed by atoms with Gasteiger partial charge in [-0.05, 0) is 30.7 Å². The Balaban J connectivity index is 2.16. The van der Waals surface area contributed by atoms with Gasteiger partial charge in [-0.1, -0.05) is 37.3 Å². The highest BCUT2D eigenvalue weighted by Gasteiger charge is 2.14. The Labute approximate surface area is 125 Å². The number of carboxylic acids is 1. The number of carbonyl (C=O) groups is 2. The van der Waals surface area contributed by atoms with Crippen molar-refractivity contribution in [2.24, 2.45) is 11.7 Å². The van der Waals surface area contributed by atoms with Crippen LogP contribution < -0.4 is 5.73 Å². The van der Waals surface area contributed by atoms with Crippen LogP contribution in [0.2, 0.25) is 0 Å². The molecule has 0 aromatic heterocycles. The van der Waals surface area contributed by atoms with Crippen molar-refractivity contribution in [1.29, 1.82) is 0 Å². The van der Waals surface area contributed by atoms with Crippen LogP contribution in [-0.4, -0.2) is 29.7 Å². The average Bonchev–Trinajstić information content (AvgIpc) is 2.49. The van der Waals surface area contributed by atoms with E-state index in [1.807, 2.05) is 18.2 Å². The highest BCUT2D eigenvalue weighted by molar-refractivity contribution is 5.74. The van der Waals surface area contributed by atoms with Gasteiger partial charge in [0.25, 0.3) is 0 Å². The minimum atomic E-state index is -1.17. The van der Waals surface area contributed by atoms with E-state index < -0.39 is 18.0 Å². The van der Waals surface area contributed by atoms with E-state index in [0.717, 1.165) is 19.3 Å². The molecule has 0 radical (unpaired) electrons. The lowest BCUT2D eigenvalue weighted by atomic mass is 9.97. The number of hydrogen-bond donors (Lipinski definition) is 2. The van der Waals surface area contributed by atoms with Crippen molar-refractivity contribution >= 4 is 11.9 Å². The standard InChI is InChI=1S/C16H23NO4/c1-12(7-9-13-5-3-2-4-6-13)8-10-15(18)21-11-14(17)16(19)20/h2-6,12,14H,7-11,17H2,1H3,(H,19,20). The minimum Gasteiger partial charge on any atom is -0.480 e. The van der Waals surface area contributed by atoms with Crippen LogP contribution in [0, 0.1) is 5.92 Å². The monoisotopic (exact) mass is 293 g/mol. The second-order valence-electron chi connectivity index (χ2n) is 5.30. The second-order valence-corrected chi connectivity index (χ2v) is 5.30. The molecule has 0 saturated heterocycles. The molecule has 5 heteroatoms. The number of carboxylic acid groups (broad SMARTS) is 1. The molecule has 2 atom stereocenters. The van der Waals surface area contributed by atoms with Crippen molar-refractivity contribution in [3.63, 3.8) is 0 Å². The van der Waals surface area contributed by atoms with Crippen LogP contribution in [-0.2, 0) is 20.7 Å². The predicted molar refractivity (Wildman–Crippen MR) is 79.7 cm³/mol. The van der Waals surface area contributed by atoms with E-state index in [2.05, 4.69) is 19.1 Å². The Morgan fingerprint density at radius 1 is 1.24 bits per heavy atom. The minimum absolute atomic E-state index is 0.271. The Morgan fingerprint density at radius 3 is 2.52 bits per heavy atom. The predicted octanol–water partition coefficient (Wildman–Crippen LogP) is 1.99. The summed E-state index contributed by atoms with van der Waals surface area (Å²) in [5.74, 6) is -1.15. The van der Waals surface area contributed by atoms with Crippen LogP contribution in [0.3, 0.4) is 0 Å². The van der Waals surface area contributed by atoms with E-state index in [0.29, 0.717) is 12.3 Å². The molecule has 3 N–H and O–H groups in total. The summed E-state index contributed by atoms with van der Waals surface area (Å²) in [7, 11) is 0. The van der Waals surface area contributed by atoms with Gasteiger partial charge in [0.05, 0.1) is 0 Å². The fraction of sp³-hybridized carbons (Fsp3) is 0.500. The summed E-state index contributed by atoms with van der Waals surface area (Å²) in [5, 5.41) is 8.57. The first-order chi connectivity index (χ1) is 9.99. The Hall–Kier alpha value is -1.88. The van der Waals surface area contributed by atoms with Gasteiger partial charge in [-0.2, -0.15) is 0 Å². The molecule has 1 rings (SSSR count). The van der Waals surface area contributed by atoms with Gasteiger partial charge in [0, 0.05) is 6.42 Å². The third-order valence-corrected chi connectivity index (χ3v) is 3.35. The van der Waals surface area contributed by atoms with Gasteiger partial charge < -0.3 is 15.6 Å². The molecular weight excluding hydrogens is 270 g/mol. The van der Waals surface area contributed by atoms with E-state index in [1.165, 1.54) is 5.56 Å². The largest absolute Gasteiger partial charge is 0.480 e. The number of hydrogen-bond acceptors (Lipinski definition) is 4. The summed E-state index contributed by atoms with van der Waals surface area (Å²) in [6.45, 7) is 1.83. The first-order valence-corrected chi connectivity index (χ1v) is 7.17. The quantitative estimate of drug-likeness (QED) is 0.680. The van der Waals surface area contributed by atoms with E-state index in [4.69, 9.17) is 15.6 Å². The van der Waals surface area contributed by atoms with Crippen LogP contribution in [0.15, 0.2) is 30.3 Å². The third kappa shape index (κ3) is 7.46. The molecule has 116 valence electrons. The normalized spacial score (nSPS) is 13.4. The molecule has 0 aliphatic rings. The zero-order valence-electron chi connectivity index (χ0n) is 12.3. The molecule has 2 unspecified atom stereocenters. The molecular formula is C16H23NO4. The molecule has 0 amide bonds. The van der Waals surface area contributed by atoms with Gasteiger partial charge in [-0.3, -0.25) is 9.59 Å². The number of aryl methyl sites for hydroxylation is 1.